The van der Waals surface area contributed by atoms with Gasteiger partial charge in [-0.2, -0.15) is 0 Å². The summed E-state index contributed by atoms with van der Waals surface area (Å²) in [6, 6.07) is 0. The molecule has 0 radical (unpaired) electrons. The molecule has 1 rings (SSSR count). The van der Waals surface area contributed by atoms with E-state index in [4.69, 9.17) is 23.1 Å². The Labute approximate surface area is 69.2 Å². The molecule has 0 spiro atoms. The van der Waals surface area contributed by atoms with E-state index in [9.17, 15) is 4.79 Å². The Kier molecular flexibility index (Phi) is 2.05. The minimum Gasteiger partial charge on any atom is -0.478 e. The number of hydrogen-bond donors (Lipinski definition) is 2. The average Bonchev–Trinajstić information content (AvgIpc) is 1.94. The summed E-state index contributed by atoms with van der Waals surface area (Å²) in [5.41, 5.74) is 6.21. The maximum atomic E-state index is 10.4. The van der Waals surface area contributed by atoms with Gasteiger partial charge in [0.2, 0.25) is 0 Å². The van der Waals surface area contributed by atoms with Gasteiger partial charge in [0.1, 0.15) is 0 Å². The smallest absolute Gasteiger partial charge is 0.331 e. The fourth-order valence-corrected chi connectivity index (χ4v) is 0.988. The summed E-state index contributed by atoms with van der Waals surface area (Å²) in [6.45, 7) is 0. The first-order chi connectivity index (χ1) is 5.11. The van der Waals surface area contributed by atoms with Crippen molar-refractivity contribution in [2.45, 2.75) is 6.42 Å². The average molecular weight is 169 g/mol. The van der Waals surface area contributed by atoms with Gasteiger partial charge in [-0.15, -0.1) is 0 Å². The van der Waals surface area contributed by atoms with Gasteiger partial charge in [-0.3, -0.25) is 0 Å². The van der Waals surface area contributed by atoms with Crippen LogP contribution < -0.4 is 5.73 Å². The number of aliphatic carboxylic acids is 1. The largest absolute Gasteiger partial charge is 0.478 e. The molecule has 1 aliphatic carbocycles. The highest BCUT2D eigenvalue weighted by atomic mass is 32.1. The van der Waals surface area contributed by atoms with Crippen LogP contribution in [0.5, 0.6) is 0 Å². The second kappa shape index (κ2) is 2.84. The monoisotopic (exact) mass is 169 g/mol. The molecule has 0 fully saturated rings. The van der Waals surface area contributed by atoms with Gasteiger partial charge in [-0.05, 0) is 12.2 Å². The molecule has 58 valence electrons. The molecule has 0 unspecified atom stereocenters. The zero-order chi connectivity index (χ0) is 8.43. The van der Waals surface area contributed by atoms with Crippen molar-refractivity contribution < 1.29 is 9.90 Å². The standard InChI is InChI=1S/C7H7NO2S/c8-5-2-1-4(7(9)10)3-6(5)11/h1-2H,3,8H2,(H,9,10). The summed E-state index contributed by atoms with van der Waals surface area (Å²) >= 11 is 4.83. The quantitative estimate of drug-likeness (QED) is 0.565. The maximum Gasteiger partial charge on any atom is 0.331 e. The number of carboxylic acid groups (broad SMARTS) is 1. The van der Waals surface area contributed by atoms with E-state index in [-0.39, 0.29) is 6.42 Å². The predicted molar refractivity (Wildman–Crippen MR) is 45.2 cm³/mol. The van der Waals surface area contributed by atoms with Gasteiger partial charge in [0.05, 0.1) is 0 Å². The summed E-state index contributed by atoms with van der Waals surface area (Å²) in [5, 5.41) is 8.54. The Bertz CT molecular complexity index is 278. The minimum atomic E-state index is -0.934. The van der Waals surface area contributed by atoms with E-state index in [2.05, 4.69) is 0 Å². The molecule has 3 nitrogen and oxygen atoms in total. The number of nitrogens with two attached hydrogens (primary N) is 1. The molecule has 0 aromatic rings. The van der Waals surface area contributed by atoms with Crippen LogP contribution in [0.1, 0.15) is 6.42 Å². The lowest BCUT2D eigenvalue weighted by Gasteiger charge is -2.08. The molecule has 1 aliphatic rings. The molecule has 0 aromatic carbocycles. The van der Waals surface area contributed by atoms with E-state index < -0.39 is 5.97 Å². The number of allylic oxidation sites excluding steroid dienone is 3. The molecule has 0 aromatic heterocycles. The molecule has 3 N–H and O–H groups in total. The van der Waals surface area contributed by atoms with Gasteiger partial charge >= 0.3 is 5.97 Å². The molecule has 0 amide bonds. The summed E-state index contributed by atoms with van der Waals surface area (Å²) in [7, 11) is 0. The third-order valence-electron chi connectivity index (χ3n) is 1.41. The number of rotatable bonds is 1. The van der Waals surface area contributed by atoms with Crippen molar-refractivity contribution in [3.05, 3.63) is 23.4 Å². The van der Waals surface area contributed by atoms with Crippen LogP contribution in [0.15, 0.2) is 23.4 Å². The van der Waals surface area contributed by atoms with E-state index in [1.165, 1.54) is 12.2 Å². The van der Waals surface area contributed by atoms with E-state index in [0.717, 1.165) is 0 Å². The Morgan fingerprint density at radius 3 is 2.73 bits per heavy atom. The molecular formula is C7H7NO2S. The molecular weight excluding hydrogens is 162 g/mol. The van der Waals surface area contributed by atoms with Gasteiger partial charge in [-0.1, -0.05) is 12.2 Å². The van der Waals surface area contributed by atoms with Crippen LogP contribution >= 0.6 is 12.2 Å². The van der Waals surface area contributed by atoms with Crippen molar-refractivity contribution in [1.82, 2.24) is 0 Å². The molecule has 0 atom stereocenters. The Morgan fingerprint density at radius 2 is 2.27 bits per heavy atom. The second-order valence-corrected chi connectivity index (χ2v) is 2.71. The van der Waals surface area contributed by atoms with Crippen molar-refractivity contribution in [2.75, 3.05) is 0 Å². The number of carboxylic acids is 1. The topological polar surface area (TPSA) is 63.3 Å². The van der Waals surface area contributed by atoms with Crippen LogP contribution in [0.25, 0.3) is 0 Å². The number of hydrogen-bond acceptors (Lipinski definition) is 3. The van der Waals surface area contributed by atoms with Crippen LogP contribution in [0.2, 0.25) is 0 Å². The summed E-state index contributed by atoms with van der Waals surface area (Å²) in [5.74, 6) is -0.934. The van der Waals surface area contributed by atoms with Crippen molar-refractivity contribution >= 4 is 23.1 Å². The Morgan fingerprint density at radius 1 is 1.64 bits per heavy atom. The molecule has 0 aliphatic heterocycles. The maximum absolute atomic E-state index is 10.4. The fraction of sp³-hybridized carbons (Fsp3) is 0.143. The lowest BCUT2D eigenvalue weighted by atomic mass is 10.0. The highest BCUT2D eigenvalue weighted by Gasteiger charge is 2.14. The number of carbonyl (C=O) groups is 1. The highest BCUT2D eigenvalue weighted by molar-refractivity contribution is 7.80. The van der Waals surface area contributed by atoms with Crippen molar-refractivity contribution in [1.29, 1.82) is 0 Å². The fourth-order valence-electron chi connectivity index (χ4n) is 0.764. The van der Waals surface area contributed by atoms with Gasteiger partial charge in [-0.25, -0.2) is 4.79 Å². The SMILES string of the molecule is NC1=CC=C(C(=O)O)CC1=S. The second-order valence-electron chi connectivity index (χ2n) is 2.22. The molecule has 0 bridgehead atoms. The summed E-state index contributed by atoms with van der Waals surface area (Å²) in [4.78, 5) is 10.9. The molecule has 0 heterocycles. The zero-order valence-corrected chi connectivity index (χ0v) is 6.52. The van der Waals surface area contributed by atoms with Crippen LogP contribution in [0, 0.1) is 0 Å². The molecule has 4 heteroatoms. The Balaban J connectivity index is 2.90. The van der Waals surface area contributed by atoms with Crippen LogP contribution in [-0.4, -0.2) is 15.9 Å². The van der Waals surface area contributed by atoms with Crippen molar-refractivity contribution in [3.8, 4) is 0 Å². The van der Waals surface area contributed by atoms with Crippen molar-refractivity contribution in [3.63, 3.8) is 0 Å². The Hall–Kier alpha value is -1.16. The van der Waals surface area contributed by atoms with E-state index >= 15 is 0 Å². The minimum absolute atomic E-state index is 0.271. The summed E-state index contributed by atoms with van der Waals surface area (Å²) < 4.78 is 0. The third kappa shape index (κ3) is 1.65. The highest BCUT2D eigenvalue weighted by Crippen LogP contribution is 2.13. The molecule has 0 saturated heterocycles. The number of thiocarbonyl (C=S) groups is 1. The van der Waals surface area contributed by atoms with E-state index in [1.807, 2.05) is 0 Å². The van der Waals surface area contributed by atoms with Crippen LogP contribution in [0.3, 0.4) is 0 Å². The van der Waals surface area contributed by atoms with E-state index in [1.54, 1.807) is 0 Å². The third-order valence-corrected chi connectivity index (χ3v) is 1.79. The lowest BCUT2D eigenvalue weighted by Crippen LogP contribution is -2.16. The molecule has 11 heavy (non-hydrogen) atoms. The van der Waals surface area contributed by atoms with E-state index in [0.29, 0.717) is 16.1 Å². The van der Waals surface area contributed by atoms with Crippen LogP contribution in [-0.2, 0) is 4.79 Å². The normalized spacial score (nSPS) is 17.3. The van der Waals surface area contributed by atoms with Crippen LogP contribution in [0.4, 0.5) is 0 Å². The van der Waals surface area contributed by atoms with Gasteiger partial charge < -0.3 is 10.8 Å². The molecule has 0 saturated carbocycles. The van der Waals surface area contributed by atoms with Crippen molar-refractivity contribution in [2.24, 2.45) is 5.73 Å². The van der Waals surface area contributed by atoms with Gasteiger partial charge in [0.15, 0.2) is 0 Å². The first-order valence-electron chi connectivity index (χ1n) is 3.04. The first-order valence-corrected chi connectivity index (χ1v) is 3.45. The lowest BCUT2D eigenvalue weighted by molar-refractivity contribution is -0.132. The summed E-state index contributed by atoms with van der Waals surface area (Å²) in [6.07, 6.45) is 3.27. The zero-order valence-electron chi connectivity index (χ0n) is 5.70. The van der Waals surface area contributed by atoms with Gasteiger partial charge in [0, 0.05) is 22.6 Å². The predicted octanol–water partition coefficient (Wildman–Crippen LogP) is 0.614. The van der Waals surface area contributed by atoms with Gasteiger partial charge in [0.25, 0.3) is 0 Å². The first kappa shape index (κ1) is 7.94.